The first-order valence-electron chi connectivity index (χ1n) is 6.80. The molecule has 2 aromatic rings. The molecule has 0 unspecified atom stereocenters. The topological polar surface area (TPSA) is 65.7 Å². The van der Waals surface area contributed by atoms with Crippen molar-refractivity contribution in [2.45, 2.75) is 25.6 Å². The van der Waals surface area contributed by atoms with Gasteiger partial charge in [0.05, 0.1) is 0 Å². The van der Waals surface area contributed by atoms with Gasteiger partial charge in [0.25, 0.3) is 0 Å². The standard InChI is InChI=1S/C16H13FO5/c1-9-8-14(16(19)20-9)22-15(18)13-7-6-12(21-13)10-2-4-11(17)5-3-10/h2-7,9,14H,8H2,1H3/t9-,14+/m0/s1. The number of hydrogen-bond donors (Lipinski definition) is 0. The highest BCUT2D eigenvalue weighted by Crippen LogP contribution is 2.24. The van der Waals surface area contributed by atoms with Crippen molar-refractivity contribution < 1.29 is 27.9 Å². The van der Waals surface area contributed by atoms with E-state index in [0.717, 1.165) is 0 Å². The largest absolute Gasteiger partial charge is 0.460 e. The fraction of sp³-hybridized carbons (Fsp3) is 0.250. The van der Waals surface area contributed by atoms with Gasteiger partial charge in [0.15, 0.2) is 0 Å². The zero-order valence-corrected chi connectivity index (χ0v) is 11.7. The third-order valence-corrected chi connectivity index (χ3v) is 3.31. The first kappa shape index (κ1) is 14.3. The molecule has 3 rings (SSSR count). The van der Waals surface area contributed by atoms with Crippen LogP contribution in [0.15, 0.2) is 40.8 Å². The summed E-state index contributed by atoms with van der Waals surface area (Å²) in [5.74, 6) is -1.25. The van der Waals surface area contributed by atoms with Gasteiger partial charge in [0.1, 0.15) is 17.7 Å². The van der Waals surface area contributed by atoms with E-state index in [2.05, 4.69) is 0 Å². The maximum atomic E-state index is 12.9. The van der Waals surface area contributed by atoms with Crippen LogP contribution < -0.4 is 0 Å². The monoisotopic (exact) mass is 304 g/mol. The Bertz CT molecular complexity index is 704. The highest BCUT2D eigenvalue weighted by molar-refractivity contribution is 5.90. The Kier molecular flexibility index (Phi) is 3.66. The summed E-state index contributed by atoms with van der Waals surface area (Å²) in [6.07, 6.45) is -0.839. The van der Waals surface area contributed by atoms with Crippen molar-refractivity contribution in [3.8, 4) is 11.3 Å². The Balaban J connectivity index is 1.72. The molecule has 0 radical (unpaired) electrons. The van der Waals surface area contributed by atoms with Crippen molar-refractivity contribution in [2.24, 2.45) is 0 Å². The Morgan fingerprint density at radius 3 is 2.59 bits per heavy atom. The molecule has 1 aromatic carbocycles. The number of halogens is 1. The van der Waals surface area contributed by atoms with Crippen LogP contribution in [0.25, 0.3) is 11.3 Å². The van der Waals surface area contributed by atoms with Crippen molar-refractivity contribution in [2.75, 3.05) is 0 Å². The molecule has 0 spiro atoms. The van der Waals surface area contributed by atoms with Crippen molar-refractivity contribution in [1.82, 2.24) is 0 Å². The third-order valence-electron chi connectivity index (χ3n) is 3.31. The van der Waals surface area contributed by atoms with Crippen molar-refractivity contribution >= 4 is 11.9 Å². The second-order valence-electron chi connectivity index (χ2n) is 5.05. The highest BCUT2D eigenvalue weighted by Gasteiger charge is 2.35. The molecule has 6 heteroatoms. The SMILES string of the molecule is C[C@H]1C[C@@H](OC(=O)c2ccc(-c3ccc(F)cc3)o2)C(=O)O1. The van der Waals surface area contributed by atoms with Gasteiger partial charge in [0.2, 0.25) is 11.9 Å². The number of cyclic esters (lactones) is 1. The Morgan fingerprint density at radius 2 is 1.95 bits per heavy atom. The Morgan fingerprint density at radius 1 is 1.23 bits per heavy atom. The summed E-state index contributed by atoms with van der Waals surface area (Å²) in [4.78, 5) is 23.4. The summed E-state index contributed by atoms with van der Waals surface area (Å²) in [6, 6.07) is 8.71. The maximum Gasteiger partial charge on any atom is 0.375 e. The molecule has 0 saturated carbocycles. The molecule has 1 fully saturated rings. The summed E-state index contributed by atoms with van der Waals surface area (Å²) < 4.78 is 28.3. The molecule has 5 nitrogen and oxygen atoms in total. The van der Waals surface area contributed by atoms with Crippen LogP contribution in [0.3, 0.4) is 0 Å². The van der Waals surface area contributed by atoms with Crippen LogP contribution in [0, 0.1) is 5.82 Å². The number of carbonyl (C=O) groups is 2. The van der Waals surface area contributed by atoms with Crippen LogP contribution in [0.2, 0.25) is 0 Å². The Hall–Kier alpha value is -2.63. The molecular formula is C16H13FO5. The lowest BCUT2D eigenvalue weighted by Gasteiger charge is -2.06. The number of rotatable bonds is 3. The zero-order chi connectivity index (χ0) is 15.7. The normalized spacial score (nSPS) is 20.7. The smallest absolute Gasteiger partial charge is 0.375 e. The van der Waals surface area contributed by atoms with Gasteiger partial charge in [-0.3, -0.25) is 0 Å². The molecule has 1 saturated heterocycles. The molecule has 1 aliphatic heterocycles. The van der Waals surface area contributed by atoms with Gasteiger partial charge in [-0.05, 0) is 43.3 Å². The number of ether oxygens (including phenoxy) is 2. The van der Waals surface area contributed by atoms with E-state index < -0.39 is 18.0 Å². The molecule has 1 aromatic heterocycles. The van der Waals surface area contributed by atoms with Gasteiger partial charge in [0, 0.05) is 12.0 Å². The molecular weight excluding hydrogens is 291 g/mol. The summed E-state index contributed by atoms with van der Waals surface area (Å²) in [5.41, 5.74) is 0.634. The summed E-state index contributed by atoms with van der Waals surface area (Å²) >= 11 is 0. The molecule has 114 valence electrons. The fourth-order valence-corrected chi connectivity index (χ4v) is 2.22. The summed E-state index contributed by atoms with van der Waals surface area (Å²) in [7, 11) is 0. The van der Waals surface area contributed by atoms with Crippen LogP contribution in [-0.2, 0) is 14.3 Å². The quantitative estimate of drug-likeness (QED) is 0.816. The molecule has 2 heterocycles. The molecule has 22 heavy (non-hydrogen) atoms. The lowest BCUT2D eigenvalue weighted by atomic mass is 10.2. The lowest BCUT2D eigenvalue weighted by Crippen LogP contribution is -2.22. The van der Waals surface area contributed by atoms with Crippen molar-refractivity contribution in [3.05, 3.63) is 48.0 Å². The van der Waals surface area contributed by atoms with E-state index in [0.29, 0.717) is 17.7 Å². The molecule has 0 bridgehead atoms. The second-order valence-corrected chi connectivity index (χ2v) is 5.05. The van der Waals surface area contributed by atoms with E-state index in [-0.39, 0.29) is 17.7 Å². The first-order valence-corrected chi connectivity index (χ1v) is 6.80. The number of benzene rings is 1. The lowest BCUT2D eigenvalue weighted by molar-refractivity contribution is -0.147. The van der Waals surface area contributed by atoms with E-state index in [1.807, 2.05) is 0 Å². The minimum Gasteiger partial charge on any atom is -0.460 e. The molecule has 0 N–H and O–H groups in total. The highest BCUT2D eigenvalue weighted by atomic mass is 19.1. The molecule has 1 aliphatic rings. The second kappa shape index (κ2) is 5.63. The number of esters is 2. The number of carbonyl (C=O) groups excluding carboxylic acids is 2. The minimum atomic E-state index is -0.901. The van der Waals surface area contributed by atoms with Gasteiger partial charge in [-0.2, -0.15) is 0 Å². The van der Waals surface area contributed by atoms with E-state index in [9.17, 15) is 14.0 Å². The van der Waals surface area contributed by atoms with E-state index in [1.165, 1.54) is 18.2 Å². The number of hydrogen-bond acceptors (Lipinski definition) is 5. The van der Waals surface area contributed by atoms with Gasteiger partial charge < -0.3 is 13.9 Å². The predicted molar refractivity (Wildman–Crippen MR) is 73.5 cm³/mol. The van der Waals surface area contributed by atoms with Crippen LogP contribution in [-0.4, -0.2) is 24.1 Å². The van der Waals surface area contributed by atoms with Gasteiger partial charge in [-0.15, -0.1) is 0 Å². The van der Waals surface area contributed by atoms with Crippen LogP contribution in [0.4, 0.5) is 4.39 Å². The van der Waals surface area contributed by atoms with E-state index in [4.69, 9.17) is 13.9 Å². The Labute approximate surface area is 125 Å². The zero-order valence-electron chi connectivity index (χ0n) is 11.7. The van der Waals surface area contributed by atoms with E-state index >= 15 is 0 Å². The first-order chi connectivity index (χ1) is 10.5. The number of furan rings is 1. The maximum absolute atomic E-state index is 12.9. The molecule has 0 amide bonds. The third kappa shape index (κ3) is 2.86. The predicted octanol–water partition coefficient (Wildman–Crippen LogP) is 2.95. The van der Waals surface area contributed by atoms with Crippen LogP contribution in [0.1, 0.15) is 23.9 Å². The summed E-state index contributed by atoms with van der Waals surface area (Å²) in [6.45, 7) is 1.73. The minimum absolute atomic E-state index is 0.0216. The molecule has 2 atom stereocenters. The van der Waals surface area contributed by atoms with Crippen molar-refractivity contribution in [3.63, 3.8) is 0 Å². The van der Waals surface area contributed by atoms with Crippen molar-refractivity contribution in [1.29, 1.82) is 0 Å². The van der Waals surface area contributed by atoms with Gasteiger partial charge in [-0.1, -0.05) is 0 Å². The van der Waals surface area contributed by atoms with Crippen LogP contribution in [0.5, 0.6) is 0 Å². The molecule has 0 aliphatic carbocycles. The van der Waals surface area contributed by atoms with E-state index in [1.54, 1.807) is 25.1 Å². The van der Waals surface area contributed by atoms with Gasteiger partial charge in [-0.25, -0.2) is 14.0 Å². The van der Waals surface area contributed by atoms with Crippen LogP contribution >= 0.6 is 0 Å². The fourth-order valence-electron chi connectivity index (χ4n) is 2.22. The average Bonchev–Trinajstić information content (AvgIpc) is 3.07. The van der Waals surface area contributed by atoms with Gasteiger partial charge >= 0.3 is 11.9 Å². The average molecular weight is 304 g/mol. The summed E-state index contributed by atoms with van der Waals surface area (Å²) in [5, 5.41) is 0.